The summed E-state index contributed by atoms with van der Waals surface area (Å²) < 4.78 is 5.22. The fraction of sp³-hybridized carbons (Fsp3) is 0.235. The van der Waals surface area contributed by atoms with Gasteiger partial charge in [0.15, 0.2) is 0 Å². The number of carbonyl (C=O) groups is 1. The highest BCUT2D eigenvalue weighted by Gasteiger charge is 2.11. The Bertz CT molecular complexity index is 525. The molecule has 104 valence electrons. The summed E-state index contributed by atoms with van der Waals surface area (Å²) >= 11 is 0. The van der Waals surface area contributed by atoms with Crippen LogP contribution in [0.4, 0.5) is 0 Å². The van der Waals surface area contributed by atoms with Gasteiger partial charge in [0, 0.05) is 6.04 Å². The number of rotatable bonds is 6. The van der Waals surface area contributed by atoms with E-state index in [0.717, 1.165) is 11.1 Å². The largest absolute Gasteiger partial charge is 0.461 e. The van der Waals surface area contributed by atoms with Gasteiger partial charge in [0.1, 0.15) is 6.61 Å². The molecule has 0 saturated heterocycles. The van der Waals surface area contributed by atoms with E-state index < -0.39 is 0 Å². The van der Waals surface area contributed by atoms with Crippen molar-refractivity contribution in [2.24, 2.45) is 5.73 Å². The van der Waals surface area contributed by atoms with E-state index in [-0.39, 0.29) is 18.4 Å². The average Bonchev–Trinajstić information content (AvgIpc) is 2.47. The first-order chi connectivity index (χ1) is 9.74. The van der Waals surface area contributed by atoms with Crippen LogP contribution in [0.5, 0.6) is 0 Å². The lowest BCUT2D eigenvalue weighted by Gasteiger charge is -2.11. The second-order valence-corrected chi connectivity index (χ2v) is 4.80. The summed E-state index contributed by atoms with van der Waals surface area (Å²) in [6.45, 7) is 0.303. The molecule has 1 atom stereocenters. The predicted octanol–water partition coefficient (Wildman–Crippen LogP) is 2.69. The van der Waals surface area contributed by atoms with Crippen LogP contribution >= 0.6 is 0 Å². The van der Waals surface area contributed by atoms with E-state index in [2.05, 4.69) is 0 Å². The summed E-state index contributed by atoms with van der Waals surface area (Å²) in [5.74, 6) is -0.253. The van der Waals surface area contributed by atoms with Crippen LogP contribution < -0.4 is 5.73 Å². The van der Waals surface area contributed by atoms with Crippen molar-refractivity contribution in [3.63, 3.8) is 0 Å². The highest BCUT2D eigenvalue weighted by atomic mass is 16.5. The van der Waals surface area contributed by atoms with Gasteiger partial charge in [-0.15, -0.1) is 0 Å². The van der Waals surface area contributed by atoms with Gasteiger partial charge in [-0.05, 0) is 17.5 Å². The molecule has 20 heavy (non-hydrogen) atoms. The van der Waals surface area contributed by atoms with E-state index in [4.69, 9.17) is 10.5 Å². The Kier molecular flexibility index (Phi) is 5.33. The Balaban J connectivity index is 1.74. The number of ether oxygens (including phenoxy) is 1. The Morgan fingerprint density at radius 1 is 0.950 bits per heavy atom. The lowest BCUT2D eigenvalue weighted by molar-refractivity contribution is -0.145. The smallest absolute Gasteiger partial charge is 0.307 e. The van der Waals surface area contributed by atoms with Crippen LogP contribution in [0.1, 0.15) is 17.5 Å². The second-order valence-electron chi connectivity index (χ2n) is 4.80. The van der Waals surface area contributed by atoms with Crippen LogP contribution in [0.2, 0.25) is 0 Å². The number of carbonyl (C=O) groups excluding carboxylic acids is 1. The second kappa shape index (κ2) is 7.46. The van der Waals surface area contributed by atoms with E-state index in [1.54, 1.807) is 0 Å². The molecule has 3 nitrogen and oxygen atoms in total. The summed E-state index contributed by atoms with van der Waals surface area (Å²) in [7, 11) is 0. The summed E-state index contributed by atoms with van der Waals surface area (Å²) in [6.07, 6.45) is 0.920. The molecule has 0 aromatic heterocycles. The molecule has 0 amide bonds. The number of hydrogen-bond acceptors (Lipinski definition) is 3. The minimum atomic E-state index is -0.253. The van der Waals surface area contributed by atoms with Gasteiger partial charge in [0.2, 0.25) is 0 Å². The highest BCUT2D eigenvalue weighted by Crippen LogP contribution is 2.06. The topological polar surface area (TPSA) is 52.3 Å². The quantitative estimate of drug-likeness (QED) is 0.820. The summed E-state index contributed by atoms with van der Waals surface area (Å²) in [6, 6.07) is 19.3. The van der Waals surface area contributed by atoms with Crippen molar-refractivity contribution in [1.29, 1.82) is 0 Å². The zero-order valence-corrected chi connectivity index (χ0v) is 11.4. The van der Waals surface area contributed by atoms with Crippen LogP contribution in [0.25, 0.3) is 0 Å². The molecular formula is C17H19NO2. The molecule has 0 aliphatic rings. The molecule has 2 N–H and O–H groups in total. The first-order valence-electron chi connectivity index (χ1n) is 6.73. The van der Waals surface area contributed by atoms with Gasteiger partial charge in [0.25, 0.3) is 0 Å². The maximum Gasteiger partial charge on any atom is 0.307 e. The molecule has 3 heteroatoms. The highest BCUT2D eigenvalue weighted by molar-refractivity contribution is 5.70. The molecule has 0 aliphatic carbocycles. The van der Waals surface area contributed by atoms with Crippen molar-refractivity contribution < 1.29 is 9.53 Å². The lowest BCUT2D eigenvalue weighted by atomic mass is 10.0. The van der Waals surface area contributed by atoms with Gasteiger partial charge >= 0.3 is 5.97 Å². The van der Waals surface area contributed by atoms with Crippen molar-refractivity contribution in [2.45, 2.75) is 25.5 Å². The summed E-state index contributed by atoms with van der Waals surface area (Å²) in [5, 5.41) is 0. The van der Waals surface area contributed by atoms with E-state index in [9.17, 15) is 4.79 Å². The zero-order chi connectivity index (χ0) is 14.2. The molecule has 0 saturated carbocycles. The Morgan fingerprint density at radius 3 is 2.10 bits per heavy atom. The molecule has 0 spiro atoms. The average molecular weight is 269 g/mol. The van der Waals surface area contributed by atoms with Crippen molar-refractivity contribution in [3.8, 4) is 0 Å². The Morgan fingerprint density at radius 2 is 1.50 bits per heavy atom. The summed E-state index contributed by atoms with van der Waals surface area (Å²) in [4.78, 5) is 11.7. The molecule has 0 bridgehead atoms. The molecular weight excluding hydrogens is 250 g/mol. The van der Waals surface area contributed by atoms with Crippen molar-refractivity contribution in [1.82, 2.24) is 0 Å². The van der Waals surface area contributed by atoms with Crippen LogP contribution in [0.3, 0.4) is 0 Å². The summed E-state index contributed by atoms with van der Waals surface area (Å²) in [5.41, 5.74) is 8.09. The fourth-order valence-corrected chi connectivity index (χ4v) is 2.00. The first-order valence-corrected chi connectivity index (χ1v) is 6.73. The van der Waals surface area contributed by atoms with Crippen LogP contribution in [0.15, 0.2) is 60.7 Å². The molecule has 2 aromatic carbocycles. The molecule has 0 fully saturated rings. The molecule has 0 aliphatic heterocycles. The van der Waals surface area contributed by atoms with Gasteiger partial charge in [-0.2, -0.15) is 0 Å². The predicted molar refractivity (Wildman–Crippen MR) is 79.0 cm³/mol. The number of nitrogens with two attached hydrogens (primary N) is 1. The van der Waals surface area contributed by atoms with Gasteiger partial charge in [-0.3, -0.25) is 4.79 Å². The lowest BCUT2D eigenvalue weighted by Crippen LogP contribution is -2.27. The molecule has 2 rings (SSSR count). The van der Waals surface area contributed by atoms with Crippen molar-refractivity contribution in [3.05, 3.63) is 71.8 Å². The van der Waals surface area contributed by atoms with Gasteiger partial charge < -0.3 is 10.5 Å². The van der Waals surface area contributed by atoms with E-state index >= 15 is 0 Å². The monoisotopic (exact) mass is 269 g/mol. The molecule has 0 unspecified atom stereocenters. The van der Waals surface area contributed by atoms with Crippen LogP contribution in [0, 0.1) is 0 Å². The van der Waals surface area contributed by atoms with Gasteiger partial charge in [-0.25, -0.2) is 0 Å². The van der Waals surface area contributed by atoms with E-state index in [0.29, 0.717) is 13.0 Å². The minimum Gasteiger partial charge on any atom is -0.461 e. The number of benzene rings is 2. The standard InChI is InChI=1S/C17H19NO2/c18-16(11-14-7-3-1-4-8-14)12-17(19)20-13-15-9-5-2-6-10-15/h1-10,16H,11-13,18H2/t16-/m1/s1. The van der Waals surface area contributed by atoms with Gasteiger partial charge in [0.05, 0.1) is 6.42 Å². The third-order valence-electron chi connectivity index (χ3n) is 3.01. The molecule has 0 heterocycles. The molecule has 0 radical (unpaired) electrons. The normalized spacial score (nSPS) is 11.8. The van der Waals surface area contributed by atoms with E-state index in [1.165, 1.54) is 0 Å². The number of esters is 1. The Hall–Kier alpha value is -2.13. The fourth-order valence-electron chi connectivity index (χ4n) is 2.00. The maximum atomic E-state index is 11.7. The van der Waals surface area contributed by atoms with Crippen molar-refractivity contribution >= 4 is 5.97 Å². The first kappa shape index (κ1) is 14.3. The minimum absolute atomic E-state index is 0.208. The third-order valence-corrected chi connectivity index (χ3v) is 3.01. The number of hydrogen-bond donors (Lipinski definition) is 1. The zero-order valence-electron chi connectivity index (χ0n) is 11.4. The van der Waals surface area contributed by atoms with Crippen molar-refractivity contribution in [2.75, 3.05) is 0 Å². The molecule has 2 aromatic rings. The van der Waals surface area contributed by atoms with E-state index in [1.807, 2.05) is 60.7 Å². The maximum absolute atomic E-state index is 11.7. The SMILES string of the molecule is N[C@@H](CC(=O)OCc1ccccc1)Cc1ccccc1. The Labute approximate surface area is 119 Å². The van der Waals surface area contributed by atoms with Crippen LogP contribution in [-0.2, 0) is 22.6 Å². The third kappa shape index (κ3) is 4.86. The van der Waals surface area contributed by atoms with Crippen LogP contribution in [-0.4, -0.2) is 12.0 Å². The van der Waals surface area contributed by atoms with Gasteiger partial charge in [-0.1, -0.05) is 60.7 Å².